The summed E-state index contributed by atoms with van der Waals surface area (Å²) >= 11 is 0. The van der Waals surface area contributed by atoms with Gasteiger partial charge in [-0.25, -0.2) is 0 Å². The molecule has 0 bridgehead atoms. The summed E-state index contributed by atoms with van der Waals surface area (Å²) in [6.45, 7) is 5.72. The monoisotopic (exact) mass is 198 g/mol. The van der Waals surface area contributed by atoms with Crippen LogP contribution in [0, 0.1) is 11.3 Å². The molecule has 1 N–H and O–H groups in total. The largest absolute Gasteiger partial charge is 0.385 e. The molecule has 82 valence electrons. The van der Waals surface area contributed by atoms with E-state index in [1.54, 1.807) is 0 Å². The quantitative estimate of drug-likeness (QED) is 0.756. The third kappa shape index (κ3) is 3.09. The van der Waals surface area contributed by atoms with E-state index in [4.69, 9.17) is 0 Å². The van der Waals surface area contributed by atoms with Gasteiger partial charge in [-0.15, -0.1) is 0 Å². The SMILES string of the molecule is CC(C)(C)C(O)C(=O)CC1CCCC1. The van der Waals surface area contributed by atoms with E-state index in [1.807, 2.05) is 20.8 Å². The maximum atomic E-state index is 11.7. The first-order chi connectivity index (χ1) is 6.41. The number of Topliss-reactive ketones (excluding diaryl/α,β-unsaturated/α-hetero) is 1. The van der Waals surface area contributed by atoms with E-state index in [-0.39, 0.29) is 11.2 Å². The Labute approximate surface area is 86.7 Å². The van der Waals surface area contributed by atoms with Gasteiger partial charge in [0.1, 0.15) is 6.10 Å². The number of carbonyl (C=O) groups excluding carboxylic acids is 1. The van der Waals surface area contributed by atoms with Crippen molar-refractivity contribution in [3.63, 3.8) is 0 Å². The van der Waals surface area contributed by atoms with Crippen LogP contribution in [0.15, 0.2) is 0 Å². The Morgan fingerprint density at radius 1 is 1.36 bits per heavy atom. The Hall–Kier alpha value is -0.370. The lowest BCUT2D eigenvalue weighted by atomic mass is 9.84. The van der Waals surface area contributed by atoms with Crippen LogP contribution in [-0.4, -0.2) is 17.0 Å². The van der Waals surface area contributed by atoms with Crippen LogP contribution in [0.25, 0.3) is 0 Å². The Balaban J connectivity index is 2.41. The van der Waals surface area contributed by atoms with Gasteiger partial charge in [0.05, 0.1) is 0 Å². The molecule has 1 rings (SSSR count). The second-order valence-corrected chi connectivity index (χ2v) is 5.59. The fourth-order valence-electron chi connectivity index (χ4n) is 2.09. The van der Waals surface area contributed by atoms with Crippen LogP contribution in [0.4, 0.5) is 0 Å². The van der Waals surface area contributed by atoms with Gasteiger partial charge < -0.3 is 5.11 Å². The maximum absolute atomic E-state index is 11.7. The van der Waals surface area contributed by atoms with Crippen molar-refractivity contribution < 1.29 is 9.90 Å². The molecule has 1 aliphatic rings. The van der Waals surface area contributed by atoms with Crippen molar-refractivity contribution >= 4 is 5.78 Å². The predicted octanol–water partition coefficient (Wildman–Crippen LogP) is 2.54. The zero-order valence-corrected chi connectivity index (χ0v) is 9.55. The highest BCUT2D eigenvalue weighted by atomic mass is 16.3. The first kappa shape index (κ1) is 11.7. The van der Waals surface area contributed by atoms with Crippen LogP contribution in [0.1, 0.15) is 52.9 Å². The Bertz CT molecular complexity index is 197. The van der Waals surface area contributed by atoms with Crippen molar-refractivity contribution in [2.24, 2.45) is 11.3 Å². The maximum Gasteiger partial charge on any atom is 0.162 e. The van der Waals surface area contributed by atoms with Crippen molar-refractivity contribution in [3.8, 4) is 0 Å². The molecule has 0 amide bonds. The van der Waals surface area contributed by atoms with E-state index in [9.17, 15) is 9.90 Å². The number of carbonyl (C=O) groups is 1. The lowest BCUT2D eigenvalue weighted by Gasteiger charge is -2.25. The molecule has 0 aromatic rings. The highest BCUT2D eigenvalue weighted by Gasteiger charge is 2.30. The molecule has 0 aromatic heterocycles. The lowest BCUT2D eigenvalue weighted by Crippen LogP contribution is -2.35. The van der Waals surface area contributed by atoms with Gasteiger partial charge in [0.2, 0.25) is 0 Å². The molecule has 0 saturated heterocycles. The zero-order chi connectivity index (χ0) is 10.8. The molecule has 0 aliphatic heterocycles. The summed E-state index contributed by atoms with van der Waals surface area (Å²) < 4.78 is 0. The molecule has 2 heteroatoms. The van der Waals surface area contributed by atoms with E-state index < -0.39 is 6.10 Å². The van der Waals surface area contributed by atoms with Crippen LogP contribution in [0.5, 0.6) is 0 Å². The summed E-state index contributed by atoms with van der Waals surface area (Å²) in [5.41, 5.74) is -0.310. The molecule has 1 fully saturated rings. The van der Waals surface area contributed by atoms with Crippen LogP contribution in [0.2, 0.25) is 0 Å². The van der Waals surface area contributed by atoms with E-state index >= 15 is 0 Å². The molecule has 0 radical (unpaired) electrons. The van der Waals surface area contributed by atoms with Crippen molar-refractivity contribution in [2.75, 3.05) is 0 Å². The fourth-order valence-corrected chi connectivity index (χ4v) is 2.09. The molecular formula is C12H22O2. The third-order valence-electron chi connectivity index (χ3n) is 3.09. The average molecular weight is 198 g/mol. The van der Waals surface area contributed by atoms with Crippen LogP contribution >= 0.6 is 0 Å². The molecule has 1 aliphatic carbocycles. The smallest absolute Gasteiger partial charge is 0.162 e. The van der Waals surface area contributed by atoms with Gasteiger partial charge >= 0.3 is 0 Å². The average Bonchev–Trinajstić information content (AvgIpc) is 2.53. The summed E-state index contributed by atoms with van der Waals surface area (Å²) in [4.78, 5) is 11.7. The molecule has 0 spiro atoms. The first-order valence-electron chi connectivity index (χ1n) is 5.62. The molecule has 2 nitrogen and oxygen atoms in total. The van der Waals surface area contributed by atoms with Gasteiger partial charge in [-0.1, -0.05) is 46.5 Å². The summed E-state index contributed by atoms with van der Waals surface area (Å²) in [6, 6.07) is 0. The van der Waals surface area contributed by atoms with Gasteiger partial charge in [0.25, 0.3) is 0 Å². The van der Waals surface area contributed by atoms with Gasteiger partial charge in [-0.05, 0) is 11.3 Å². The molecule has 1 saturated carbocycles. The fraction of sp³-hybridized carbons (Fsp3) is 0.917. The number of aliphatic hydroxyl groups is 1. The van der Waals surface area contributed by atoms with E-state index in [2.05, 4.69) is 0 Å². The van der Waals surface area contributed by atoms with E-state index in [0.29, 0.717) is 12.3 Å². The Morgan fingerprint density at radius 2 is 1.86 bits per heavy atom. The second-order valence-electron chi connectivity index (χ2n) is 5.59. The van der Waals surface area contributed by atoms with Gasteiger partial charge in [-0.3, -0.25) is 4.79 Å². The second kappa shape index (κ2) is 4.43. The van der Waals surface area contributed by atoms with Gasteiger partial charge in [0.15, 0.2) is 5.78 Å². The van der Waals surface area contributed by atoms with Crippen molar-refractivity contribution in [1.29, 1.82) is 0 Å². The van der Waals surface area contributed by atoms with Crippen molar-refractivity contribution in [3.05, 3.63) is 0 Å². The summed E-state index contributed by atoms with van der Waals surface area (Å²) in [5, 5.41) is 9.77. The first-order valence-corrected chi connectivity index (χ1v) is 5.62. The Morgan fingerprint density at radius 3 is 2.29 bits per heavy atom. The predicted molar refractivity (Wildman–Crippen MR) is 57.0 cm³/mol. The van der Waals surface area contributed by atoms with Crippen LogP contribution < -0.4 is 0 Å². The lowest BCUT2D eigenvalue weighted by molar-refractivity contribution is -0.133. The van der Waals surface area contributed by atoms with Gasteiger partial charge in [-0.2, -0.15) is 0 Å². The third-order valence-corrected chi connectivity index (χ3v) is 3.09. The van der Waals surface area contributed by atoms with Gasteiger partial charge in [0, 0.05) is 6.42 Å². The molecular weight excluding hydrogens is 176 g/mol. The van der Waals surface area contributed by atoms with Crippen molar-refractivity contribution in [2.45, 2.75) is 59.0 Å². The zero-order valence-electron chi connectivity index (χ0n) is 9.55. The highest BCUT2D eigenvalue weighted by molar-refractivity contribution is 5.83. The number of aliphatic hydroxyl groups excluding tert-OH is 1. The molecule has 0 heterocycles. The minimum atomic E-state index is -0.789. The van der Waals surface area contributed by atoms with E-state index in [0.717, 1.165) is 0 Å². The molecule has 1 unspecified atom stereocenters. The summed E-state index contributed by atoms with van der Waals surface area (Å²) in [7, 11) is 0. The number of ketones is 1. The van der Waals surface area contributed by atoms with E-state index in [1.165, 1.54) is 25.7 Å². The van der Waals surface area contributed by atoms with Crippen LogP contribution in [0.3, 0.4) is 0 Å². The topological polar surface area (TPSA) is 37.3 Å². The molecule has 0 aromatic carbocycles. The van der Waals surface area contributed by atoms with Crippen LogP contribution in [-0.2, 0) is 4.79 Å². The van der Waals surface area contributed by atoms with Crippen molar-refractivity contribution in [1.82, 2.24) is 0 Å². The number of rotatable bonds is 3. The highest BCUT2D eigenvalue weighted by Crippen LogP contribution is 2.30. The standard InChI is InChI=1S/C12H22O2/c1-12(2,3)11(14)10(13)8-9-6-4-5-7-9/h9,11,14H,4-8H2,1-3H3. The minimum Gasteiger partial charge on any atom is -0.385 e. The number of hydrogen-bond donors (Lipinski definition) is 1. The normalized spacial score (nSPS) is 21.1. The summed E-state index contributed by atoms with van der Waals surface area (Å²) in [5.74, 6) is 0.573. The Kier molecular flexibility index (Phi) is 3.71. The molecule has 14 heavy (non-hydrogen) atoms. The summed E-state index contributed by atoms with van der Waals surface area (Å²) in [6.07, 6.45) is 4.64. The molecule has 1 atom stereocenters. The minimum absolute atomic E-state index is 0.0319. The number of hydrogen-bond acceptors (Lipinski definition) is 2.